The quantitative estimate of drug-likeness (QED) is 0.841. The van der Waals surface area contributed by atoms with Gasteiger partial charge in [-0.1, -0.05) is 32.0 Å². The van der Waals surface area contributed by atoms with E-state index in [2.05, 4.69) is 29.6 Å². The van der Waals surface area contributed by atoms with Crippen LogP contribution in [0.2, 0.25) is 0 Å². The normalized spacial score (nSPS) is 19.3. The second kappa shape index (κ2) is 6.44. The first-order chi connectivity index (χ1) is 9.11. The van der Waals surface area contributed by atoms with E-state index in [0.29, 0.717) is 5.25 Å². The zero-order chi connectivity index (χ0) is 13.8. The number of methoxy groups -OCH3 is 1. The van der Waals surface area contributed by atoms with Crippen molar-refractivity contribution in [2.45, 2.75) is 36.5 Å². The molecule has 0 aliphatic carbocycles. The van der Waals surface area contributed by atoms with Gasteiger partial charge in [0.25, 0.3) is 0 Å². The summed E-state index contributed by atoms with van der Waals surface area (Å²) in [7, 11) is 1.44. The van der Waals surface area contributed by atoms with Crippen molar-refractivity contribution in [3.63, 3.8) is 0 Å². The van der Waals surface area contributed by atoms with Crippen molar-refractivity contribution in [1.29, 1.82) is 0 Å². The van der Waals surface area contributed by atoms with E-state index < -0.39 is 0 Å². The molecule has 1 N–H and O–H groups in total. The molecule has 104 valence electrons. The van der Waals surface area contributed by atoms with Crippen LogP contribution in [0.3, 0.4) is 0 Å². The number of carbonyl (C=O) groups is 1. The number of esters is 1. The van der Waals surface area contributed by atoms with Gasteiger partial charge in [-0.05, 0) is 24.0 Å². The maximum Gasteiger partial charge on any atom is 0.323 e. The van der Waals surface area contributed by atoms with Gasteiger partial charge < -0.3 is 10.1 Å². The minimum Gasteiger partial charge on any atom is -0.468 e. The summed E-state index contributed by atoms with van der Waals surface area (Å²) in [6.07, 6.45) is 1.07. The number of fused-ring (bicyclic) bond motifs is 1. The SMILES string of the molecule is COC(=O)C(NCC1Cc2ccccc2S1)C(C)C. The third kappa shape index (κ3) is 3.51. The summed E-state index contributed by atoms with van der Waals surface area (Å²) in [6.45, 7) is 4.90. The molecule has 3 nitrogen and oxygen atoms in total. The molecule has 1 aromatic carbocycles. The Morgan fingerprint density at radius 2 is 2.21 bits per heavy atom. The molecule has 0 radical (unpaired) electrons. The zero-order valence-electron chi connectivity index (χ0n) is 11.7. The summed E-state index contributed by atoms with van der Waals surface area (Å²) >= 11 is 1.89. The molecule has 19 heavy (non-hydrogen) atoms. The number of nitrogens with one attached hydrogen (secondary N) is 1. The smallest absolute Gasteiger partial charge is 0.323 e. The number of thioether (sulfide) groups is 1. The van der Waals surface area contributed by atoms with Gasteiger partial charge in [0.15, 0.2) is 0 Å². The monoisotopic (exact) mass is 279 g/mol. The standard InChI is InChI=1S/C15H21NO2S/c1-10(2)14(15(17)18-3)16-9-12-8-11-6-4-5-7-13(11)19-12/h4-7,10,12,14,16H,8-9H2,1-3H3. The van der Waals surface area contributed by atoms with Gasteiger partial charge >= 0.3 is 5.97 Å². The lowest BCUT2D eigenvalue weighted by atomic mass is 10.0. The molecule has 0 spiro atoms. The Kier molecular flexibility index (Phi) is 4.88. The van der Waals surface area contributed by atoms with E-state index in [1.54, 1.807) is 0 Å². The van der Waals surface area contributed by atoms with Crippen LogP contribution in [0.5, 0.6) is 0 Å². The molecule has 4 heteroatoms. The van der Waals surface area contributed by atoms with Gasteiger partial charge in [-0.25, -0.2) is 0 Å². The highest BCUT2D eigenvalue weighted by molar-refractivity contribution is 8.00. The van der Waals surface area contributed by atoms with Gasteiger partial charge in [0.2, 0.25) is 0 Å². The lowest BCUT2D eigenvalue weighted by Gasteiger charge is -2.21. The zero-order valence-corrected chi connectivity index (χ0v) is 12.5. The number of hydrogen-bond donors (Lipinski definition) is 1. The van der Waals surface area contributed by atoms with Crippen LogP contribution in [0.1, 0.15) is 19.4 Å². The molecule has 0 aromatic heterocycles. The Labute approximate surface area is 119 Å². The number of hydrogen-bond acceptors (Lipinski definition) is 4. The predicted molar refractivity (Wildman–Crippen MR) is 78.4 cm³/mol. The van der Waals surface area contributed by atoms with Gasteiger partial charge in [0, 0.05) is 16.7 Å². The fourth-order valence-electron chi connectivity index (χ4n) is 2.34. The molecule has 1 aliphatic rings. The van der Waals surface area contributed by atoms with Crippen molar-refractivity contribution in [2.24, 2.45) is 5.92 Å². The van der Waals surface area contributed by atoms with Crippen molar-refractivity contribution < 1.29 is 9.53 Å². The summed E-state index contributed by atoms with van der Waals surface area (Å²) in [4.78, 5) is 13.1. The Morgan fingerprint density at radius 1 is 1.47 bits per heavy atom. The largest absolute Gasteiger partial charge is 0.468 e. The first-order valence-electron chi connectivity index (χ1n) is 6.67. The highest BCUT2D eigenvalue weighted by Crippen LogP contribution is 2.36. The summed E-state index contributed by atoms with van der Waals surface area (Å²) in [5, 5.41) is 3.85. The van der Waals surface area contributed by atoms with Crippen LogP contribution in [0.15, 0.2) is 29.2 Å². The first-order valence-corrected chi connectivity index (χ1v) is 7.55. The molecule has 0 saturated heterocycles. The van der Waals surface area contributed by atoms with Crippen LogP contribution in [-0.4, -0.2) is 30.9 Å². The Bertz CT molecular complexity index is 423. The summed E-state index contributed by atoms with van der Waals surface area (Å²) in [6, 6.07) is 8.30. The van der Waals surface area contributed by atoms with Crippen molar-refractivity contribution in [1.82, 2.24) is 5.32 Å². The second-order valence-corrected chi connectivity index (χ2v) is 6.55. The molecule has 2 rings (SSSR count). The van der Waals surface area contributed by atoms with E-state index in [1.165, 1.54) is 17.6 Å². The molecular weight excluding hydrogens is 258 g/mol. The number of carbonyl (C=O) groups excluding carboxylic acids is 1. The summed E-state index contributed by atoms with van der Waals surface area (Å²) in [5.41, 5.74) is 1.42. The van der Waals surface area contributed by atoms with Gasteiger partial charge in [0.1, 0.15) is 6.04 Å². The van der Waals surface area contributed by atoms with Crippen molar-refractivity contribution in [3.05, 3.63) is 29.8 Å². The van der Waals surface area contributed by atoms with E-state index in [9.17, 15) is 4.79 Å². The molecule has 1 aliphatic heterocycles. The van der Waals surface area contributed by atoms with Gasteiger partial charge in [-0.15, -0.1) is 11.8 Å². The van der Waals surface area contributed by atoms with Crippen LogP contribution in [0.25, 0.3) is 0 Å². The molecular formula is C15H21NO2S. The second-order valence-electron chi connectivity index (χ2n) is 5.20. The molecule has 2 unspecified atom stereocenters. The van der Waals surface area contributed by atoms with Crippen molar-refractivity contribution in [2.75, 3.05) is 13.7 Å². The fourth-order valence-corrected chi connectivity index (χ4v) is 3.61. The molecule has 0 saturated carbocycles. The van der Waals surface area contributed by atoms with Crippen molar-refractivity contribution >= 4 is 17.7 Å². The lowest BCUT2D eigenvalue weighted by molar-refractivity contribution is -0.144. The minimum atomic E-state index is -0.214. The average Bonchev–Trinajstić information content (AvgIpc) is 2.80. The van der Waals surface area contributed by atoms with E-state index in [1.807, 2.05) is 25.6 Å². The molecule has 2 atom stereocenters. The van der Waals surface area contributed by atoms with E-state index in [0.717, 1.165) is 13.0 Å². The minimum absolute atomic E-state index is 0.171. The fraction of sp³-hybridized carbons (Fsp3) is 0.533. The third-order valence-corrected chi connectivity index (χ3v) is 4.72. The van der Waals surface area contributed by atoms with Crippen molar-refractivity contribution in [3.8, 4) is 0 Å². The topological polar surface area (TPSA) is 38.3 Å². The van der Waals surface area contributed by atoms with Gasteiger partial charge in [0.05, 0.1) is 7.11 Å². The first kappa shape index (κ1) is 14.4. The Hall–Kier alpha value is -1.00. The number of ether oxygens (including phenoxy) is 1. The molecule has 1 aromatic rings. The van der Waals surface area contributed by atoms with E-state index >= 15 is 0 Å². The van der Waals surface area contributed by atoms with Crippen LogP contribution in [0, 0.1) is 5.92 Å². The maximum absolute atomic E-state index is 11.7. The van der Waals surface area contributed by atoms with Gasteiger partial charge in [-0.2, -0.15) is 0 Å². The van der Waals surface area contributed by atoms with Crippen LogP contribution < -0.4 is 5.32 Å². The summed E-state index contributed by atoms with van der Waals surface area (Å²) in [5.74, 6) is 0.0664. The Balaban J connectivity index is 1.88. The third-order valence-electron chi connectivity index (χ3n) is 3.40. The van der Waals surface area contributed by atoms with E-state index in [-0.39, 0.29) is 17.9 Å². The van der Waals surface area contributed by atoms with Crippen LogP contribution >= 0.6 is 11.8 Å². The number of benzene rings is 1. The lowest BCUT2D eigenvalue weighted by Crippen LogP contribution is -2.44. The molecule has 1 heterocycles. The Morgan fingerprint density at radius 3 is 2.84 bits per heavy atom. The summed E-state index contributed by atoms with van der Waals surface area (Å²) < 4.78 is 4.84. The highest BCUT2D eigenvalue weighted by atomic mass is 32.2. The molecule has 0 bridgehead atoms. The molecule has 0 amide bonds. The molecule has 0 fully saturated rings. The maximum atomic E-state index is 11.7. The van der Waals surface area contributed by atoms with Crippen LogP contribution in [-0.2, 0) is 16.0 Å². The highest BCUT2D eigenvalue weighted by Gasteiger charge is 2.26. The average molecular weight is 279 g/mol. The van der Waals surface area contributed by atoms with Gasteiger partial charge in [-0.3, -0.25) is 4.79 Å². The number of rotatable bonds is 5. The van der Waals surface area contributed by atoms with Crippen LogP contribution in [0.4, 0.5) is 0 Å². The predicted octanol–water partition coefficient (Wildman–Crippen LogP) is 2.49. The van der Waals surface area contributed by atoms with E-state index in [4.69, 9.17) is 4.74 Å².